The quantitative estimate of drug-likeness (QED) is 0.783. The van der Waals surface area contributed by atoms with Crippen LogP contribution < -0.4 is 0 Å². The molecular weight excluding hydrogens is 236 g/mol. The van der Waals surface area contributed by atoms with Gasteiger partial charge in [-0.3, -0.25) is 4.68 Å². The molecule has 0 unspecified atom stereocenters. The fourth-order valence-electron chi connectivity index (χ4n) is 1.41. The number of thiophene rings is 1. The maximum atomic E-state index is 11.7. The van der Waals surface area contributed by atoms with Gasteiger partial charge in [0.1, 0.15) is 6.61 Å². The summed E-state index contributed by atoms with van der Waals surface area (Å²) in [6, 6.07) is 2.02. The van der Waals surface area contributed by atoms with Crippen molar-refractivity contribution in [1.29, 1.82) is 0 Å². The molecule has 0 N–H and O–H groups in total. The number of hydrogen-bond acceptors (Lipinski definition) is 4. The number of carbonyl (C=O) groups excluding carboxylic acids is 1. The molecule has 0 amide bonds. The lowest BCUT2D eigenvalue weighted by molar-refractivity contribution is 0.0476. The minimum atomic E-state index is -0.322. The molecule has 17 heavy (non-hydrogen) atoms. The summed E-state index contributed by atoms with van der Waals surface area (Å²) in [5, 5.41) is 6.03. The van der Waals surface area contributed by atoms with Crippen LogP contribution in [0.2, 0.25) is 0 Å². The van der Waals surface area contributed by atoms with Crippen LogP contribution >= 0.6 is 11.3 Å². The standard InChI is InChI=1S/C12H14N2O2S/c1-3-14-7-10(6-13-14)12(15)16-8-11-9(2)4-5-17-11/h4-7H,3,8H2,1-2H3. The largest absolute Gasteiger partial charge is 0.456 e. The van der Waals surface area contributed by atoms with Gasteiger partial charge in [0.25, 0.3) is 0 Å². The van der Waals surface area contributed by atoms with E-state index >= 15 is 0 Å². The molecule has 0 saturated heterocycles. The third-order valence-corrected chi connectivity index (χ3v) is 3.49. The Labute approximate surface area is 104 Å². The molecule has 2 rings (SSSR count). The Morgan fingerprint density at radius 2 is 2.41 bits per heavy atom. The van der Waals surface area contributed by atoms with Crippen molar-refractivity contribution < 1.29 is 9.53 Å². The van der Waals surface area contributed by atoms with E-state index in [0.29, 0.717) is 12.2 Å². The Kier molecular flexibility index (Phi) is 3.58. The number of nitrogens with zero attached hydrogens (tertiary/aromatic N) is 2. The lowest BCUT2D eigenvalue weighted by Gasteiger charge is -2.02. The van der Waals surface area contributed by atoms with Crippen LogP contribution in [0.4, 0.5) is 0 Å². The Hall–Kier alpha value is -1.62. The van der Waals surface area contributed by atoms with E-state index in [0.717, 1.165) is 17.0 Å². The van der Waals surface area contributed by atoms with Crippen molar-refractivity contribution in [1.82, 2.24) is 9.78 Å². The summed E-state index contributed by atoms with van der Waals surface area (Å²) < 4.78 is 6.93. The second-order valence-corrected chi connectivity index (χ2v) is 4.69. The maximum Gasteiger partial charge on any atom is 0.341 e. The van der Waals surface area contributed by atoms with E-state index in [1.54, 1.807) is 22.2 Å². The molecule has 0 aliphatic heterocycles. The number of hydrogen-bond donors (Lipinski definition) is 0. The van der Waals surface area contributed by atoms with Gasteiger partial charge in [0.2, 0.25) is 0 Å². The number of esters is 1. The van der Waals surface area contributed by atoms with Crippen LogP contribution in [0.25, 0.3) is 0 Å². The summed E-state index contributed by atoms with van der Waals surface area (Å²) in [6.45, 7) is 5.06. The molecule has 0 fully saturated rings. The summed E-state index contributed by atoms with van der Waals surface area (Å²) in [5.74, 6) is -0.322. The molecule has 0 radical (unpaired) electrons. The van der Waals surface area contributed by atoms with E-state index in [2.05, 4.69) is 5.10 Å². The fraction of sp³-hybridized carbons (Fsp3) is 0.333. The number of rotatable bonds is 4. The molecular formula is C12H14N2O2S. The molecule has 2 aromatic rings. The molecule has 0 atom stereocenters. The van der Waals surface area contributed by atoms with Crippen molar-refractivity contribution in [3.63, 3.8) is 0 Å². The van der Waals surface area contributed by atoms with Gasteiger partial charge in [-0.1, -0.05) is 0 Å². The molecule has 90 valence electrons. The molecule has 0 aliphatic carbocycles. The molecule has 2 aromatic heterocycles. The van der Waals surface area contributed by atoms with Gasteiger partial charge in [-0.15, -0.1) is 11.3 Å². The van der Waals surface area contributed by atoms with Crippen molar-refractivity contribution in [2.24, 2.45) is 0 Å². The Morgan fingerprint density at radius 1 is 1.59 bits per heavy atom. The average Bonchev–Trinajstić information content (AvgIpc) is 2.94. The number of ether oxygens (including phenoxy) is 1. The molecule has 0 spiro atoms. The van der Waals surface area contributed by atoms with Gasteiger partial charge < -0.3 is 4.74 Å². The normalized spacial score (nSPS) is 10.5. The van der Waals surface area contributed by atoms with Gasteiger partial charge in [0.15, 0.2) is 0 Å². The molecule has 0 aromatic carbocycles. The van der Waals surface area contributed by atoms with E-state index in [4.69, 9.17) is 4.74 Å². The predicted octanol–water partition coefficient (Wildman–Crippen LogP) is 2.63. The molecule has 0 saturated carbocycles. The highest BCUT2D eigenvalue weighted by Gasteiger charge is 2.10. The first-order valence-electron chi connectivity index (χ1n) is 5.43. The third kappa shape index (κ3) is 2.74. The van der Waals surface area contributed by atoms with Gasteiger partial charge in [0, 0.05) is 17.6 Å². The zero-order valence-electron chi connectivity index (χ0n) is 9.84. The average molecular weight is 250 g/mol. The first-order chi connectivity index (χ1) is 8.20. The molecule has 2 heterocycles. The van der Waals surface area contributed by atoms with Crippen LogP contribution in [-0.4, -0.2) is 15.7 Å². The summed E-state index contributed by atoms with van der Waals surface area (Å²) in [7, 11) is 0. The van der Waals surface area contributed by atoms with Gasteiger partial charge in [-0.05, 0) is 30.9 Å². The number of carbonyl (C=O) groups is 1. The minimum absolute atomic E-state index is 0.322. The topological polar surface area (TPSA) is 44.1 Å². The van der Waals surface area contributed by atoms with E-state index < -0.39 is 0 Å². The smallest absolute Gasteiger partial charge is 0.341 e. The number of aryl methyl sites for hydroxylation is 2. The monoisotopic (exact) mass is 250 g/mol. The molecule has 0 aliphatic rings. The van der Waals surface area contributed by atoms with Crippen LogP contribution in [0.15, 0.2) is 23.8 Å². The van der Waals surface area contributed by atoms with Crippen LogP contribution in [0, 0.1) is 6.92 Å². The fourth-order valence-corrected chi connectivity index (χ4v) is 2.23. The predicted molar refractivity (Wildman–Crippen MR) is 66.1 cm³/mol. The van der Waals surface area contributed by atoms with Crippen LogP contribution in [0.1, 0.15) is 27.7 Å². The lowest BCUT2D eigenvalue weighted by atomic mass is 10.3. The second-order valence-electron chi connectivity index (χ2n) is 3.69. The highest BCUT2D eigenvalue weighted by molar-refractivity contribution is 7.10. The third-order valence-electron chi connectivity index (χ3n) is 2.50. The summed E-state index contributed by atoms with van der Waals surface area (Å²) >= 11 is 1.60. The summed E-state index contributed by atoms with van der Waals surface area (Å²) in [6.07, 6.45) is 3.23. The van der Waals surface area contributed by atoms with E-state index in [1.165, 1.54) is 6.20 Å². The first kappa shape index (κ1) is 11.9. The van der Waals surface area contributed by atoms with Crippen LogP contribution in [0.3, 0.4) is 0 Å². The van der Waals surface area contributed by atoms with Crippen molar-refractivity contribution >= 4 is 17.3 Å². The van der Waals surface area contributed by atoms with Crippen molar-refractivity contribution in [3.8, 4) is 0 Å². The van der Waals surface area contributed by atoms with Gasteiger partial charge in [0.05, 0.1) is 11.8 Å². The Bertz CT molecular complexity index is 516. The molecule has 0 bridgehead atoms. The van der Waals surface area contributed by atoms with Crippen LogP contribution in [0.5, 0.6) is 0 Å². The highest BCUT2D eigenvalue weighted by Crippen LogP contribution is 2.17. The molecule has 5 heteroatoms. The summed E-state index contributed by atoms with van der Waals surface area (Å²) in [5.41, 5.74) is 1.66. The Morgan fingerprint density at radius 3 is 3.00 bits per heavy atom. The van der Waals surface area contributed by atoms with E-state index in [1.807, 2.05) is 25.3 Å². The van der Waals surface area contributed by atoms with E-state index in [9.17, 15) is 4.79 Å². The maximum absolute atomic E-state index is 11.7. The van der Waals surface area contributed by atoms with Crippen molar-refractivity contribution in [2.75, 3.05) is 0 Å². The lowest BCUT2D eigenvalue weighted by Crippen LogP contribution is -2.04. The van der Waals surface area contributed by atoms with Crippen molar-refractivity contribution in [3.05, 3.63) is 39.8 Å². The Balaban J connectivity index is 1.95. The van der Waals surface area contributed by atoms with Gasteiger partial charge in [-0.2, -0.15) is 5.10 Å². The van der Waals surface area contributed by atoms with Crippen LogP contribution in [-0.2, 0) is 17.9 Å². The van der Waals surface area contributed by atoms with E-state index in [-0.39, 0.29) is 5.97 Å². The van der Waals surface area contributed by atoms with Crippen molar-refractivity contribution in [2.45, 2.75) is 27.0 Å². The SMILES string of the molecule is CCn1cc(C(=O)OCc2sccc2C)cn1. The summed E-state index contributed by atoms with van der Waals surface area (Å²) in [4.78, 5) is 12.8. The number of aromatic nitrogens is 2. The minimum Gasteiger partial charge on any atom is -0.456 e. The zero-order chi connectivity index (χ0) is 12.3. The van der Waals surface area contributed by atoms with Gasteiger partial charge >= 0.3 is 5.97 Å². The molecule has 4 nitrogen and oxygen atoms in total. The van der Waals surface area contributed by atoms with Gasteiger partial charge in [-0.25, -0.2) is 4.79 Å². The zero-order valence-corrected chi connectivity index (χ0v) is 10.7. The second kappa shape index (κ2) is 5.14. The highest BCUT2D eigenvalue weighted by atomic mass is 32.1. The first-order valence-corrected chi connectivity index (χ1v) is 6.31.